The summed E-state index contributed by atoms with van der Waals surface area (Å²) in [5.41, 5.74) is 1.66. The summed E-state index contributed by atoms with van der Waals surface area (Å²) in [7, 11) is 1.43. The molecule has 2 bridgehead atoms. The Balaban J connectivity index is 1.53. The normalized spacial score (nSPS) is 23.9. The number of amides is 4. The van der Waals surface area contributed by atoms with Crippen LogP contribution in [0.3, 0.4) is 0 Å². The van der Waals surface area contributed by atoms with Crippen molar-refractivity contribution in [3.63, 3.8) is 0 Å². The van der Waals surface area contributed by atoms with E-state index in [2.05, 4.69) is 22.8 Å². The second kappa shape index (κ2) is 25.3. The molecule has 370 valence electrons. The standard InChI is InChI=1S/C50H79N5O10S/c1-11-34(6)46(54(9)50(61)44(32(2)3)52-49(60)45(33(4)5)53(8)25-16-20-43(57)58)41(64-10)28-42(56)55-26-15-19-40(55)47-35(7)48(59)51-39(27-36-21-23-37(24-22-36)29-65-47)31-66(62,63)30-38-17-13-12-14-18-38/h12-14,17-18,21-23,32-35,37,39-41,44-47H,11,15-16,19-20,24-31H2,1-10H3,(H,51,59)(H,52,60)(H,57,58)/t34-,35+,37?,39-,40-,41+,44-,45-,46-,47+/m0/s1. The SMILES string of the molecule is CC[C@H](C)[C@@H]([C@@H](CC(=O)N1CCC[C@H]1[C@@H]1OCC2C=CC(=CC2)C[C@@H](CS(=O)(=O)Cc2ccccc2)NC(=O)[C@@H]1C)OC)N(C)C(=O)[C@@H](NC(=O)[C@H](C(C)C)N(C)CCCC(=O)O)C(C)C. The largest absolute Gasteiger partial charge is 0.481 e. The number of benzene rings is 1. The number of rotatable bonds is 22. The van der Waals surface area contributed by atoms with Crippen molar-refractivity contribution in [1.29, 1.82) is 0 Å². The third kappa shape index (κ3) is 15.2. The van der Waals surface area contributed by atoms with Crippen LogP contribution in [0.4, 0.5) is 0 Å². The third-order valence-corrected chi connectivity index (χ3v) is 15.5. The maximum atomic E-state index is 14.6. The number of ether oxygens (including phenoxy) is 2. The fraction of sp³-hybridized carbons (Fsp3) is 0.700. The van der Waals surface area contributed by atoms with Gasteiger partial charge in [0, 0.05) is 39.1 Å². The minimum Gasteiger partial charge on any atom is -0.481 e. The van der Waals surface area contributed by atoms with Gasteiger partial charge in [0.1, 0.15) is 6.04 Å². The van der Waals surface area contributed by atoms with Crippen LogP contribution in [0.2, 0.25) is 0 Å². The van der Waals surface area contributed by atoms with Crippen LogP contribution >= 0.6 is 0 Å². The van der Waals surface area contributed by atoms with Gasteiger partial charge in [-0.15, -0.1) is 0 Å². The molecule has 16 heteroatoms. The maximum Gasteiger partial charge on any atom is 0.303 e. The molecule has 1 fully saturated rings. The Labute approximate surface area is 394 Å². The Morgan fingerprint density at radius 2 is 1.76 bits per heavy atom. The zero-order valence-electron chi connectivity index (χ0n) is 41.1. The van der Waals surface area contributed by atoms with E-state index in [4.69, 9.17) is 14.6 Å². The van der Waals surface area contributed by atoms with Crippen LogP contribution in [0.25, 0.3) is 0 Å². The minimum atomic E-state index is -3.60. The molecule has 5 rings (SSSR count). The molecule has 10 atom stereocenters. The van der Waals surface area contributed by atoms with E-state index in [0.717, 1.165) is 5.57 Å². The molecule has 4 amide bonds. The Morgan fingerprint density at radius 1 is 1.06 bits per heavy atom. The number of hydrogen-bond donors (Lipinski definition) is 3. The Bertz CT molecular complexity index is 1960. The van der Waals surface area contributed by atoms with Gasteiger partial charge in [-0.25, -0.2) is 8.42 Å². The van der Waals surface area contributed by atoms with Gasteiger partial charge in [-0.1, -0.05) is 109 Å². The lowest BCUT2D eigenvalue weighted by Gasteiger charge is -2.41. The molecule has 3 heterocycles. The lowest BCUT2D eigenvalue weighted by atomic mass is 9.89. The monoisotopic (exact) mass is 942 g/mol. The van der Waals surface area contributed by atoms with Crippen LogP contribution in [0.1, 0.15) is 105 Å². The lowest BCUT2D eigenvalue weighted by molar-refractivity contribution is -0.149. The van der Waals surface area contributed by atoms with Gasteiger partial charge in [-0.3, -0.25) is 28.9 Å². The fourth-order valence-corrected chi connectivity index (χ4v) is 11.6. The number of nitrogens with one attached hydrogen (secondary N) is 2. The molecule has 0 spiro atoms. The first-order valence-corrected chi connectivity index (χ1v) is 25.8. The molecule has 15 nitrogen and oxygen atoms in total. The van der Waals surface area contributed by atoms with Gasteiger partial charge in [0.15, 0.2) is 9.84 Å². The van der Waals surface area contributed by atoms with Crippen LogP contribution in [0.15, 0.2) is 54.1 Å². The number of carbonyl (C=O) groups is 5. The minimum absolute atomic E-state index is 0.0127. The zero-order valence-corrected chi connectivity index (χ0v) is 41.9. The van der Waals surface area contributed by atoms with Crippen LogP contribution in [0.5, 0.6) is 0 Å². The van der Waals surface area contributed by atoms with Crippen LogP contribution in [0, 0.1) is 29.6 Å². The van der Waals surface area contributed by atoms with Crippen LogP contribution < -0.4 is 10.6 Å². The van der Waals surface area contributed by atoms with Crippen molar-refractivity contribution < 1.29 is 47.0 Å². The number of likely N-dealkylation sites (N-methyl/N-ethyl adjacent to an activating group) is 2. The summed E-state index contributed by atoms with van der Waals surface area (Å²) in [5, 5.41) is 15.3. The summed E-state index contributed by atoms with van der Waals surface area (Å²) in [5.74, 6) is -3.54. The second-order valence-corrected chi connectivity index (χ2v) is 21.8. The number of likely N-dealkylation sites (tertiary alicyclic amines) is 1. The smallest absolute Gasteiger partial charge is 0.303 e. The summed E-state index contributed by atoms with van der Waals surface area (Å²) in [6, 6.07) is 5.90. The number of methoxy groups -OCH3 is 1. The molecule has 1 aliphatic carbocycles. The molecule has 3 aliphatic heterocycles. The van der Waals surface area contributed by atoms with E-state index >= 15 is 0 Å². The quantitative estimate of drug-likeness (QED) is 0.138. The van der Waals surface area contributed by atoms with Crippen LogP contribution in [-0.4, -0.2) is 147 Å². The highest BCUT2D eigenvalue weighted by Crippen LogP contribution is 2.32. The molecule has 1 aromatic carbocycles. The van der Waals surface area contributed by atoms with Crippen molar-refractivity contribution in [2.24, 2.45) is 29.6 Å². The van der Waals surface area contributed by atoms with E-state index in [0.29, 0.717) is 63.8 Å². The maximum absolute atomic E-state index is 14.6. The number of hydrogen-bond acceptors (Lipinski definition) is 10. The number of sulfone groups is 1. The molecule has 1 aromatic rings. The predicted molar refractivity (Wildman–Crippen MR) is 256 cm³/mol. The van der Waals surface area contributed by atoms with Crippen molar-refractivity contribution in [2.75, 3.05) is 46.7 Å². The van der Waals surface area contributed by atoms with Gasteiger partial charge < -0.3 is 35.0 Å². The molecular formula is C50H79N5O10S. The second-order valence-electron chi connectivity index (χ2n) is 19.7. The fourth-order valence-electron chi connectivity index (χ4n) is 9.98. The molecule has 0 radical (unpaired) electrons. The van der Waals surface area contributed by atoms with Gasteiger partial charge in [-0.05, 0) is 69.0 Å². The van der Waals surface area contributed by atoms with E-state index in [-0.39, 0.29) is 71.6 Å². The molecule has 66 heavy (non-hydrogen) atoms. The summed E-state index contributed by atoms with van der Waals surface area (Å²) in [4.78, 5) is 73.7. The summed E-state index contributed by atoms with van der Waals surface area (Å²) < 4.78 is 39.8. The third-order valence-electron chi connectivity index (χ3n) is 13.8. The molecule has 0 saturated carbocycles. The van der Waals surface area contributed by atoms with Crippen molar-refractivity contribution in [2.45, 2.75) is 148 Å². The number of carbonyl (C=O) groups excluding carboxylic acids is 4. The summed E-state index contributed by atoms with van der Waals surface area (Å²) >= 11 is 0. The average Bonchev–Trinajstić information content (AvgIpc) is 3.74. The average molecular weight is 942 g/mol. The van der Waals surface area contributed by atoms with E-state index in [1.807, 2.05) is 58.6 Å². The molecule has 1 saturated heterocycles. The molecular weight excluding hydrogens is 863 g/mol. The molecule has 1 unspecified atom stereocenters. The zero-order chi connectivity index (χ0) is 48.9. The Hall–Kier alpha value is -4.12. The molecule has 0 aromatic heterocycles. The van der Waals surface area contributed by atoms with E-state index < -0.39 is 64.1 Å². The summed E-state index contributed by atoms with van der Waals surface area (Å²) in [6.07, 6.45) is 8.20. The van der Waals surface area contributed by atoms with E-state index in [1.54, 1.807) is 62.2 Å². The number of carboxylic acids is 1. The van der Waals surface area contributed by atoms with Crippen LogP contribution in [-0.2, 0) is 49.0 Å². The van der Waals surface area contributed by atoms with Gasteiger partial charge in [0.05, 0.1) is 60.8 Å². The highest BCUT2D eigenvalue weighted by molar-refractivity contribution is 7.90. The van der Waals surface area contributed by atoms with Gasteiger partial charge in [0.25, 0.3) is 0 Å². The Morgan fingerprint density at radius 3 is 2.35 bits per heavy atom. The number of aliphatic carboxylic acids is 1. The molecule has 3 N–H and O–H groups in total. The van der Waals surface area contributed by atoms with E-state index in [9.17, 15) is 32.4 Å². The first-order valence-electron chi connectivity index (χ1n) is 24.0. The number of fused-ring (bicyclic) bond motifs is 8. The Kier molecular flexibility index (Phi) is 20.9. The first-order chi connectivity index (χ1) is 31.2. The highest BCUT2D eigenvalue weighted by atomic mass is 32.2. The highest BCUT2D eigenvalue weighted by Gasteiger charge is 2.44. The van der Waals surface area contributed by atoms with Crippen molar-refractivity contribution in [1.82, 2.24) is 25.3 Å². The number of allylic oxidation sites excluding steroid dienone is 2. The van der Waals surface area contributed by atoms with Crippen molar-refractivity contribution in [3.05, 3.63) is 59.7 Å². The lowest BCUT2D eigenvalue weighted by Crippen LogP contribution is -2.60. The van der Waals surface area contributed by atoms with Gasteiger partial charge in [0.2, 0.25) is 23.6 Å². The predicted octanol–water partition coefficient (Wildman–Crippen LogP) is 5.24. The van der Waals surface area contributed by atoms with Gasteiger partial charge in [-0.2, -0.15) is 0 Å². The van der Waals surface area contributed by atoms with E-state index in [1.165, 1.54) is 0 Å². The topological polar surface area (TPSA) is 192 Å². The van der Waals surface area contributed by atoms with Gasteiger partial charge >= 0.3 is 5.97 Å². The number of nitrogens with zero attached hydrogens (tertiary/aromatic N) is 3. The first kappa shape index (κ1) is 54.5. The number of carboxylic acid groups (broad SMARTS) is 1. The van der Waals surface area contributed by atoms with Crippen molar-refractivity contribution >= 4 is 39.4 Å². The summed E-state index contributed by atoms with van der Waals surface area (Å²) in [6.45, 7) is 14.6. The molecule has 4 aliphatic rings. The van der Waals surface area contributed by atoms with Crippen molar-refractivity contribution in [3.8, 4) is 0 Å².